The summed E-state index contributed by atoms with van der Waals surface area (Å²) in [6.07, 6.45) is 0.0368. The van der Waals surface area contributed by atoms with E-state index >= 15 is 0 Å². The van der Waals surface area contributed by atoms with E-state index in [1.54, 1.807) is 0 Å². The van der Waals surface area contributed by atoms with Crippen LogP contribution in [0.15, 0.2) is 12.1 Å². The Labute approximate surface area is 119 Å². The molecule has 0 fully saturated rings. The highest BCUT2D eigenvalue weighted by molar-refractivity contribution is 7.89. The molecule has 0 saturated carbocycles. The third-order valence-electron chi connectivity index (χ3n) is 2.45. The van der Waals surface area contributed by atoms with E-state index in [4.69, 9.17) is 10.9 Å². The first-order chi connectivity index (χ1) is 9.61. The Hall–Kier alpha value is -2.27. The lowest BCUT2D eigenvalue weighted by Gasteiger charge is -2.07. The summed E-state index contributed by atoms with van der Waals surface area (Å²) in [5, 5.41) is 17.8. The number of nitro benzene ring substituents is 1. The van der Waals surface area contributed by atoms with Crippen LogP contribution in [-0.2, 0) is 10.0 Å². The largest absolute Gasteiger partial charge is 0.396 e. The molecule has 0 unspecified atom stereocenters. The van der Waals surface area contributed by atoms with Gasteiger partial charge in [-0.1, -0.05) is 0 Å². The van der Waals surface area contributed by atoms with Crippen molar-refractivity contribution in [3.05, 3.63) is 33.6 Å². The first-order valence-corrected chi connectivity index (χ1v) is 7.35. The van der Waals surface area contributed by atoms with Gasteiger partial charge in [-0.25, -0.2) is 17.9 Å². The van der Waals surface area contributed by atoms with Crippen LogP contribution in [0, 0.1) is 15.9 Å². The summed E-state index contributed by atoms with van der Waals surface area (Å²) >= 11 is 0. The van der Waals surface area contributed by atoms with Crippen molar-refractivity contribution in [1.82, 2.24) is 5.32 Å². The van der Waals surface area contributed by atoms with Gasteiger partial charge in [0.1, 0.15) is 5.56 Å². The van der Waals surface area contributed by atoms with E-state index in [-0.39, 0.29) is 18.7 Å². The molecule has 11 heteroatoms. The highest BCUT2D eigenvalue weighted by Crippen LogP contribution is 2.24. The normalized spacial score (nSPS) is 11.1. The summed E-state index contributed by atoms with van der Waals surface area (Å²) in [5.74, 6) is -2.21. The average molecular weight is 320 g/mol. The molecule has 1 aromatic rings. The molecule has 1 aromatic carbocycles. The van der Waals surface area contributed by atoms with Gasteiger partial charge in [0.15, 0.2) is 5.82 Å². The van der Waals surface area contributed by atoms with E-state index in [1.807, 2.05) is 0 Å². The lowest BCUT2D eigenvalue weighted by Crippen LogP contribution is -2.28. The SMILES string of the molecule is Nc1cc(C(=O)NCCCS(N)(=O)=O)c([N+](=O)[O-])cc1F. The first kappa shape index (κ1) is 16.8. The zero-order valence-corrected chi connectivity index (χ0v) is 11.5. The number of halogens is 1. The van der Waals surface area contributed by atoms with Crippen LogP contribution in [0.3, 0.4) is 0 Å². The van der Waals surface area contributed by atoms with Gasteiger partial charge in [-0.15, -0.1) is 0 Å². The molecule has 0 heterocycles. The van der Waals surface area contributed by atoms with Gasteiger partial charge in [-0.3, -0.25) is 14.9 Å². The molecule has 0 aliphatic rings. The topological polar surface area (TPSA) is 158 Å². The molecule has 0 radical (unpaired) electrons. The highest BCUT2D eigenvalue weighted by atomic mass is 32.2. The molecule has 1 rings (SSSR count). The minimum absolute atomic E-state index is 0.0368. The van der Waals surface area contributed by atoms with Gasteiger partial charge in [0, 0.05) is 6.54 Å². The van der Waals surface area contributed by atoms with E-state index in [0.29, 0.717) is 6.07 Å². The molecule has 21 heavy (non-hydrogen) atoms. The summed E-state index contributed by atoms with van der Waals surface area (Å²) in [6.45, 7) is -0.0658. The summed E-state index contributed by atoms with van der Waals surface area (Å²) in [7, 11) is -3.65. The van der Waals surface area contributed by atoms with Crippen LogP contribution in [-0.4, -0.2) is 31.5 Å². The lowest BCUT2D eigenvalue weighted by atomic mass is 10.1. The number of sulfonamides is 1. The van der Waals surface area contributed by atoms with Gasteiger partial charge < -0.3 is 11.1 Å². The van der Waals surface area contributed by atoms with E-state index in [1.165, 1.54) is 0 Å². The minimum Gasteiger partial charge on any atom is -0.396 e. The second kappa shape index (κ2) is 6.45. The first-order valence-electron chi connectivity index (χ1n) is 5.64. The second-order valence-electron chi connectivity index (χ2n) is 4.12. The van der Waals surface area contributed by atoms with Gasteiger partial charge in [0.25, 0.3) is 11.6 Å². The van der Waals surface area contributed by atoms with Crippen LogP contribution in [0.5, 0.6) is 0 Å². The number of nitrogen functional groups attached to an aromatic ring is 1. The Kier molecular flexibility index (Phi) is 5.16. The van der Waals surface area contributed by atoms with Crippen molar-refractivity contribution >= 4 is 27.3 Å². The average Bonchev–Trinajstić information content (AvgIpc) is 2.35. The number of rotatable bonds is 6. The number of anilines is 1. The quantitative estimate of drug-likeness (QED) is 0.283. The number of carbonyl (C=O) groups excluding carboxylic acids is 1. The Bertz CT molecular complexity index is 676. The van der Waals surface area contributed by atoms with Crippen molar-refractivity contribution in [1.29, 1.82) is 0 Å². The number of amides is 1. The minimum atomic E-state index is -3.65. The van der Waals surface area contributed by atoms with Gasteiger partial charge in [0.2, 0.25) is 10.0 Å². The van der Waals surface area contributed by atoms with Crippen molar-refractivity contribution in [2.24, 2.45) is 5.14 Å². The van der Waals surface area contributed by atoms with Gasteiger partial charge in [0.05, 0.1) is 22.4 Å². The molecule has 0 aromatic heterocycles. The van der Waals surface area contributed by atoms with Crippen LogP contribution in [0.25, 0.3) is 0 Å². The molecule has 0 bridgehead atoms. The number of benzene rings is 1. The Balaban J connectivity index is 2.83. The number of hydrogen-bond donors (Lipinski definition) is 3. The second-order valence-corrected chi connectivity index (χ2v) is 5.86. The van der Waals surface area contributed by atoms with Crippen LogP contribution in [0.2, 0.25) is 0 Å². The van der Waals surface area contributed by atoms with E-state index in [0.717, 1.165) is 6.07 Å². The molecule has 0 spiro atoms. The maximum absolute atomic E-state index is 13.2. The van der Waals surface area contributed by atoms with Crippen LogP contribution in [0.1, 0.15) is 16.8 Å². The highest BCUT2D eigenvalue weighted by Gasteiger charge is 2.22. The van der Waals surface area contributed by atoms with E-state index in [9.17, 15) is 27.7 Å². The Morgan fingerprint density at radius 3 is 2.57 bits per heavy atom. The number of primary sulfonamides is 1. The lowest BCUT2D eigenvalue weighted by molar-refractivity contribution is -0.385. The molecule has 0 saturated heterocycles. The number of nitro groups is 1. The zero-order valence-electron chi connectivity index (χ0n) is 10.7. The number of nitrogens with zero attached hydrogens (tertiary/aromatic N) is 1. The molecule has 9 nitrogen and oxygen atoms in total. The smallest absolute Gasteiger partial charge is 0.285 e. The molecule has 0 aliphatic carbocycles. The Morgan fingerprint density at radius 1 is 1.43 bits per heavy atom. The molecular formula is C10H13FN4O5S. The predicted octanol–water partition coefficient (Wildman–Crippen LogP) is -0.275. The number of hydrogen-bond acceptors (Lipinski definition) is 6. The third kappa shape index (κ3) is 4.96. The van der Waals surface area contributed by atoms with Crippen LogP contribution < -0.4 is 16.2 Å². The Morgan fingerprint density at radius 2 is 2.05 bits per heavy atom. The fourth-order valence-electron chi connectivity index (χ4n) is 1.48. The predicted molar refractivity (Wildman–Crippen MR) is 72.4 cm³/mol. The monoisotopic (exact) mass is 320 g/mol. The molecule has 1 amide bonds. The van der Waals surface area contributed by atoms with Crippen LogP contribution in [0.4, 0.5) is 15.8 Å². The van der Waals surface area contributed by atoms with E-state index < -0.39 is 43.6 Å². The summed E-state index contributed by atoms with van der Waals surface area (Å²) in [6, 6.07) is 1.40. The van der Waals surface area contributed by atoms with Crippen molar-refractivity contribution in [2.45, 2.75) is 6.42 Å². The molecule has 116 valence electrons. The summed E-state index contributed by atoms with van der Waals surface area (Å²) in [4.78, 5) is 21.6. The maximum Gasteiger partial charge on any atom is 0.285 e. The zero-order chi connectivity index (χ0) is 16.2. The van der Waals surface area contributed by atoms with Crippen LogP contribution >= 0.6 is 0 Å². The maximum atomic E-state index is 13.2. The number of carbonyl (C=O) groups is 1. The molecule has 5 N–H and O–H groups in total. The fraction of sp³-hybridized carbons (Fsp3) is 0.300. The van der Waals surface area contributed by atoms with Gasteiger partial charge in [-0.05, 0) is 12.5 Å². The van der Waals surface area contributed by atoms with Gasteiger partial charge >= 0.3 is 0 Å². The molecular weight excluding hydrogens is 307 g/mol. The van der Waals surface area contributed by atoms with Crippen molar-refractivity contribution < 1.29 is 22.5 Å². The van der Waals surface area contributed by atoms with Crippen molar-refractivity contribution in [2.75, 3.05) is 18.0 Å². The molecule has 0 aliphatic heterocycles. The number of nitrogens with two attached hydrogens (primary N) is 2. The molecule has 0 atom stereocenters. The van der Waals surface area contributed by atoms with Crippen molar-refractivity contribution in [3.8, 4) is 0 Å². The fourth-order valence-corrected chi connectivity index (χ4v) is 2.03. The summed E-state index contributed by atoms with van der Waals surface area (Å²) < 4.78 is 34.6. The van der Waals surface area contributed by atoms with E-state index in [2.05, 4.69) is 5.32 Å². The summed E-state index contributed by atoms with van der Waals surface area (Å²) in [5.41, 5.74) is 3.72. The third-order valence-corrected chi connectivity index (χ3v) is 3.31. The standard InChI is InChI=1S/C10H13FN4O5S/c11-7-5-9(15(17)18)6(4-8(7)12)10(16)14-2-1-3-21(13,19)20/h4-5H,1-3,12H2,(H,14,16)(H2,13,19,20). The number of nitrogens with one attached hydrogen (secondary N) is 1. The van der Waals surface area contributed by atoms with Crippen molar-refractivity contribution in [3.63, 3.8) is 0 Å². The van der Waals surface area contributed by atoms with Gasteiger partial charge in [-0.2, -0.15) is 0 Å².